The Labute approximate surface area is 158 Å². The number of carbonyl (C=O) groups is 1. The highest BCUT2D eigenvalue weighted by atomic mass is 19.1. The zero-order valence-electron chi connectivity index (χ0n) is 15.0. The van der Waals surface area contributed by atoms with Gasteiger partial charge in [0.15, 0.2) is 0 Å². The van der Waals surface area contributed by atoms with E-state index in [1.165, 1.54) is 12.1 Å². The average Bonchev–Trinajstić information content (AvgIpc) is 2.72. The minimum Gasteiger partial charge on any atom is -0.488 e. The highest BCUT2D eigenvalue weighted by molar-refractivity contribution is 5.96. The largest absolute Gasteiger partial charge is 0.488 e. The van der Waals surface area contributed by atoms with Crippen molar-refractivity contribution in [3.05, 3.63) is 101 Å². The van der Waals surface area contributed by atoms with Gasteiger partial charge in [-0.1, -0.05) is 54.6 Å². The lowest BCUT2D eigenvalue weighted by Gasteiger charge is -2.12. The molecule has 0 aromatic heterocycles. The van der Waals surface area contributed by atoms with Gasteiger partial charge in [0.05, 0.1) is 5.56 Å². The number of halogens is 1. The molecule has 3 nitrogen and oxygen atoms in total. The van der Waals surface area contributed by atoms with Crippen LogP contribution in [0.25, 0.3) is 0 Å². The van der Waals surface area contributed by atoms with E-state index >= 15 is 0 Å². The van der Waals surface area contributed by atoms with Gasteiger partial charge in [-0.2, -0.15) is 0 Å². The smallest absolute Gasteiger partial charge is 0.255 e. The summed E-state index contributed by atoms with van der Waals surface area (Å²) in [6, 6.07) is 23.5. The van der Waals surface area contributed by atoms with Crippen LogP contribution in [-0.4, -0.2) is 12.5 Å². The molecule has 4 heteroatoms. The molecule has 1 amide bonds. The maximum Gasteiger partial charge on any atom is 0.255 e. The van der Waals surface area contributed by atoms with Crippen LogP contribution in [0.1, 0.15) is 27.9 Å². The third kappa shape index (κ3) is 5.68. The summed E-state index contributed by atoms with van der Waals surface area (Å²) in [5.41, 5.74) is 2.62. The third-order valence-corrected chi connectivity index (χ3v) is 4.21. The second-order valence-corrected chi connectivity index (χ2v) is 6.26. The molecule has 0 fully saturated rings. The van der Waals surface area contributed by atoms with Crippen molar-refractivity contribution in [3.8, 4) is 5.75 Å². The average molecular weight is 363 g/mol. The number of para-hydroxylation sites is 1. The van der Waals surface area contributed by atoms with E-state index in [1.54, 1.807) is 24.3 Å². The Bertz CT molecular complexity index is 863. The summed E-state index contributed by atoms with van der Waals surface area (Å²) in [6.07, 6.45) is 1.57. The lowest BCUT2D eigenvalue weighted by molar-refractivity contribution is 0.0948. The number of rotatable bonds is 8. The molecule has 0 spiro atoms. The van der Waals surface area contributed by atoms with Crippen LogP contribution < -0.4 is 10.1 Å². The Kier molecular flexibility index (Phi) is 6.58. The molecule has 0 heterocycles. The predicted octanol–water partition coefficient (Wildman–Crippen LogP) is 4.77. The van der Waals surface area contributed by atoms with E-state index in [2.05, 4.69) is 5.32 Å². The molecule has 0 aliphatic heterocycles. The molecule has 138 valence electrons. The van der Waals surface area contributed by atoms with Crippen molar-refractivity contribution in [3.63, 3.8) is 0 Å². The van der Waals surface area contributed by atoms with E-state index in [4.69, 9.17) is 4.74 Å². The fraction of sp³-hybridized carbons (Fsp3) is 0.174. The molecule has 0 unspecified atom stereocenters. The second-order valence-electron chi connectivity index (χ2n) is 6.26. The Morgan fingerprint density at radius 1 is 0.852 bits per heavy atom. The lowest BCUT2D eigenvalue weighted by Crippen LogP contribution is -2.25. The fourth-order valence-electron chi connectivity index (χ4n) is 2.76. The number of carbonyl (C=O) groups excluding carboxylic acids is 1. The first kappa shape index (κ1) is 18.6. The highest BCUT2D eigenvalue weighted by Crippen LogP contribution is 2.19. The first-order valence-corrected chi connectivity index (χ1v) is 9.01. The summed E-state index contributed by atoms with van der Waals surface area (Å²) < 4.78 is 18.7. The minimum absolute atomic E-state index is 0.155. The van der Waals surface area contributed by atoms with Crippen LogP contribution in [0.2, 0.25) is 0 Å². The van der Waals surface area contributed by atoms with Gasteiger partial charge in [0, 0.05) is 6.54 Å². The summed E-state index contributed by atoms with van der Waals surface area (Å²) in [6.45, 7) is 0.957. The summed E-state index contributed by atoms with van der Waals surface area (Å²) in [5.74, 6) is 0.175. The number of nitrogens with one attached hydrogen (secondary N) is 1. The van der Waals surface area contributed by atoms with Crippen LogP contribution in [0, 0.1) is 5.82 Å². The molecule has 3 aromatic carbocycles. The molecular weight excluding hydrogens is 341 g/mol. The van der Waals surface area contributed by atoms with E-state index < -0.39 is 0 Å². The first-order valence-electron chi connectivity index (χ1n) is 9.01. The van der Waals surface area contributed by atoms with Gasteiger partial charge in [-0.3, -0.25) is 4.79 Å². The number of aryl methyl sites for hydroxylation is 1. The van der Waals surface area contributed by atoms with Gasteiger partial charge < -0.3 is 10.1 Å². The van der Waals surface area contributed by atoms with Crippen LogP contribution in [0.15, 0.2) is 78.9 Å². The molecule has 0 saturated carbocycles. The van der Waals surface area contributed by atoms with Crippen LogP contribution in [0.5, 0.6) is 5.75 Å². The Morgan fingerprint density at radius 2 is 1.56 bits per heavy atom. The monoisotopic (exact) mass is 363 g/mol. The molecule has 1 N–H and O–H groups in total. The Morgan fingerprint density at radius 3 is 2.33 bits per heavy atom. The SMILES string of the molecule is O=C(NCCCc1ccc(F)cc1)c1ccccc1OCc1ccccc1. The van der Waals surface area contributed by atoms with Crippen molar-refractivity contribution >= 4 is 5.91 Å². The van der Waals surface area contributed by atoms with E-state index in [9.17, 15) is 9.18 Å². The van der Waals surface area contributed by atoms with Crippen molar-refractivity contribution < 1.29 is 13.9 Å². The van der Waals surface area contributed by atoms with E-state index in [1.807, 2.05) is 42.5 Å². The van der Waals surface area contributed by atoms with E-state index in [0.29, 0.717) is 24.5 Å². The molecule has 0 radical (unpaired) electrons. The lowest BCUT2D eigenvalue weighted by atomic mass is 10.1. The number of amides is 1. The van der Waals surface area contributed by atoms with Crippen molar-refractivity contribution in [1.29, 1.82) is 0 Å². The maximum absolute atomic E-state index is 12.9. The summed E-state index contributed by atoms with van der Waals surface area (Å²) in [4.78, 5) is 12.5. The maximum atomic E-state index is 12.9. The molecule has 3 aromatic rings. The zero-order valence-corrected chi connectivity index (χ0v) is 15.0. The molecule has 0 aliphatic carbocycles. The van der Waals surface area contributed by atoms with Gasteiger partial charge in [0.1, 0.15) is 18.2 Å². The van der Waals surface area contributed by atoms with Gasteiger partial charge >= 0.3 is 0 Å². The number of hydrogen-bond acceptors (Lipinski definition) is 2. The topological polar surface area (TPSA) is 38.3 Å². The highest BCUT2D eigenvalue weighted by Gasteiger charge is 2.11. The Hall–Kier alpha value is -3.14. The van der Waals surface area contributed by atoms with Crippen molar-refractivity contribution in [2.75, 3.05) is 6.54 Å². The van der Waals surface area contributed by atoms with Crippen molar-refractivity contribution in [1.82, 2.24) is 5.32 Å². The summed E-state index contributed by atoms with van der Waals surface area (Å²) >= 11 is 0. The van der Waals surface area contributed by atoms with Gasteiger partial charge in [0.25, 0.3) is 5.91 Å². The van der Waals surface area contributed by atoms with Gasteiger partial charge in [0.2, 0.25) is 0 Å². The molecule has 0 saturated heterocycles. The van der Waals surface area contributed by atoms with Crippen LogP contribution in [-0.2, 0) is 13.0 Å². The van der Waals surface area contributed by atoms with Crippen LogP contribution in [0.4, 0.5) is 4.39 Å². The predicted molar refractivity (Wildman–Crippen MR) is 104 cm³/mol. The van der Waals surface area contributed by atoms with E-state index in [-0.39, 0.29) is 11.7 Å². The normalized spacial score (nSPS) is 10.4. The summed E-state index contributed by atoms with van der Waals surface area (Å²) in [7, 11) is 0. The quantitative estimate of drug-likeness (QED) is 0.586. The standard InChI is InChI=1S/C23H22FNO2/c24-20-14-12-18(13-15-20)9-6-16-25-23(26)21-10-4-5-11-22(21)27-17-19-7-2-1-3-8-19/h1-5,7-8,10-15H,6,9,16-17H2,(H,25,26). The molecular formula is C23H22FNO2. The Balaban J connectivity index is 1.51. The van der Waals surface area contributed by atoms with Gasteiger partial charge in [-0.05, 0) is 48.2 Å². The minimum atomic E-state index is -0.237. The van der Waals surface area contributed by atoms with Gasteiger partial charge in [-0.15, -0.1) is 0 Å². The first-order chi connectivity index (χ1) is 13.2. The van der Waals surface area contributed by atoms with E-state index in [0.717, 1.165) is 24.0 Å². The number of benzene rings is 3. The van der Waals surface area contributed by atoms with Crippen molar-refractivity contribution in [2.24, 2.45) is 0 Å². The molecule has 0 bridgehead atoms. The molecule has 27 heavy (non-hydrogen) atoms. The molecule has 0 atom stereocenters. The molecule has 3 rings (SSSR count). The molecule has 0 aliphatic rings. The van der Waals surface area contributed by atoms with Crippen molar-refractivity contribution in [2.45, 2.75) is 19.4 Å². The number of ether oxygens (including phenoxy) is 1. The third-order valence-electron chi connectivity index (χ3n) is 4.21. The van der Waals surface area contributed by atoms with Crippen LogP contribution in [0.3, 0.4) is 0 Å². The zero-order chi connectivity index (χ0) is 18.9. The number of hydrogen-bond donors (Lipinski definition) is 1. The fourth-order valence-corrected chi connectivity index (χ4v) is 2.76. The second kappa shape index (κ2) is 9.53. The summed E-state index contributed by atoms with van der Waals surface area (Å²) in [5, 5.41) is 2.93. The van der Waals surface area contributed by atoms with Gasteiger partial charge in [-0.25, -0.2) is 4.39 Å². The van der Waals surface area contributed by atoms with Crippen LogP contribution >= 0.6 is 0 Å².